The zero-order chi connectivity index (χ0) is 12.0. The second kappa shape index (κ2) is 6.17. The molecule has 86 valence electrons. The number of nitriles is 1. The molecule has 0 aliphatic carbocycles. The van der Waals surface area contributed by atoms with Crippen LogP contribution >= 0.6 is 0 Å². The summed E-state index contributed by atoms with van der Waals surface area (Å²) in [5, 5.41) is 9.17. The van der Waals surface area contributed by atoms with E-state index in [2.05, 4.69) is 19.9 Å². The first-order chi connectivity index (χ1) is 7.72. The van der Waals surface area contributed by atoms with E-state index < -0.39 is 0 Å². The first kappa shape index (κ1) is 12.6. The third-order valence-corrected chi connectivity index (χ3v) is 2.90. The van der Waals surface area contributed by atoms with Crippen LogP contribution in [0.1, 0.15) is 38.7 Å². The van der Waals surface area contributed by atoms with Crippen LogP contribution in [0.5, 0.6) is 5.75 Å². The zero-order valence-electron chi connectivity index (χ0n) is 10.2. The van der Waals surface area contributed by atoms with Crippen LogP contribution in [0.4, 0.5) is 0 Å². The number of rotatable bonds is 5. The highest BCUT2D eigenvalue weighted by atomic mass is 16.5. The lowest BCUT2D eigenvalue weighted by Gasteiger charge is -2.16. The average molecular weight is 217 g/mol. The Morgan fingerprint density at radius 1 is 1.25 bits per heavy atom. The van der Waals surface area contributed by atoms with Gasteiger partial charge in [0.1, 0.15) is 5.75 Å². The van der Waals surface area contributed by atoms with Gasteiger partial charge in [-0.2, -0.15) is 5.26 Å². The summed E-state index contributed by atoms with van der Waals surface area (Å²) in [6.45, 7) is 6.87. The van der Waals surface area contributed by atoms with E-state index >= 15 is 0 Å². The van der Waals surface area contributed by atoms with Gasteiger partial charge in [0.25, 0.3) is 0 Å². The first-order valence-electron chi connectivity index (χ1n) is 5.85. The fourth-order valence-corrected chi connectivity index (χ4v) is 1.70. The molecule has 16 heavy (non-hydrogen) atoms. The Morgan fingerprint density at radius 2 is 1.88 bits per heavy atom. The van der Waals surface area contributed by atoms with E-state index in [0.717, 1.165) is 17.7 Å². The summed E-state index contributed by atoms with van der Waals surface area (Å²) in [7, 11) is 0. The molecule has 0 spiro atoms. The molecule has 0 bridgehead atoms. The molecule has 0 saturated heterocycles. The van der Waals surface area contributed by atoms with Crippen molar-refractivity contribution in [2.24, 2.45) is 5.92 Å². The highest BCUT2D eigenvalue weighted by Gasteiger charge is 2.17. The van der Waals surface area contributed by atoms with Crippen LogP contribution in [-0.2, 0) is 0 Å². The molecule has 2 unspecified atom stereocenters. The van der Waals surface area contributed by atoms with Crippen molar-refractivity contribution in [3.63, 3.8) is 0 Å². The van der Waals surface area contributed by atoms with E-state index in [-0.39, 0.29) is 5.92 Å². The van der Waals surface area contributed by atoms with Gasteiger partial charge < -0.3 is 4.74 Å². The predicted octanol–water partition coefficient (Wildman–Crippen LogP) is 3.74. The van der Waals surface area contributed by atoms with Crippen molar-refractivity contribution in [1.29, 1.82) is 5.26 Å². The molecule has 1 rings (SSSR count). The highest BCUT2D eigenvalue weighted by Crippen LogP contribution is 2.27. The molecule has 1 aromatic carbocycles. The van der Waals surface area contributed by atoms with E-state index in [9.17, 15) is 5.26 Å². The standard InChI is InChI=1S/C14H19NO/c1-4-11(3)14(10-15)12-6-8-13(9-7-12)16-5-2/h6-9,11,14H,4-5H2,1-3H3. The van der Waals surface area contributed by atoms with Gasteiger partial charge >= 0.3 is 0 Å². The van der Waals surface area contributed by atoms with E-state index in [4.69, 9.17) is 4.74 Å². The van der Waals surface area contributed by atoms with E-state index in [1.165, 1.54) is 0 Å². The van der Waals surface area contributed by atoms with Crippen molar-refractivity contribution in [2.75, 3.05) is 6.61 Å². The van der Waals surface area contributed by atoms with Crippen LogP contribution in [-0.4, -0.2) is 6.61 Å². The molecule has 0 aliphatic heterocycles. The van der Waals surface area contributed by atoms with Gasteiger partial charge in [-0.25, -0.2) is 0 Å². The highest BCUT2D eigenvalue weighted by molar-refractivity contribution is 5.32. The minimum atomic E-state index is -0.0133. The average Bonchev–Trinajstić information content (AvgIpc) is 2.32. The molecule has 0 aromatic heterocycles. The van der Waals surface area contributed by atoms with Gasteiger partial charge in [-0.05, 0) is 30.5 Å². The summed E-state index contributed by atoms with van der Waals surface area (Å²) in [6, 6.07) is 10.2. The van der Waals surface area contributed by atoms with Gasteiger partial charge in [-0.1, -0.05) is 32.4 Å². The minimum Gasteiger partial charge on any atom is -0.494 e. The third kappa shape index (κ3) is 3.00. The lowest BCUT2D eigenvalue weighted by atomic mass is 9.87. The maximum absolute atomic E-state index is 9.17. The van der Waals surface area contributed by atoms with Crippen LogP contribution in [0.2, 0.25) is 0 Å². The maximum atomic E-state index is 9.17. The summed E-state index contributed by atoms with van der Waals surface area (Å²) < 4.78 is 5.38. The molecule has 0 aliphatic rings. The Bertz CT molecular complexity index is 350. The van der Waals surface area contributed by atoms with Gasteiger partial charge in [0.15, 0.2) is 0 Å². The lowest BCUT2D eigenvalue weighted by molar-refractivity contribution is 0.340. The second-order valence-electron chi connectivity index (χ2n) is 3.99. The monoisotopic (exact) mass is 217 g/mol. The predicted molar refractivity (Wildman–Crippen MR) is 65.4 cm³/mol. The molecule has 0 saturated carbocycles. The molecule has 0 N–H and O–H groups in total. The minimum absolute atomic E-state index is 0.0133. The molecule has 0 fully saturated rings. The van der Waals surface area contributed by atoms with Crippen molar-refractivity contribution in [1.82, 2.24) is 0 Å². The normalized spacial score (nSPS) is 13.9. The number of hydrogen-bond donors (Lipinski definition) is 0. The SMILES string of the molecule is CCOc1ccc(C(C#N)C(C)CC)cc1. The Balaban J connectivity index is 2.83. The molecular formula is C14H19NO. The van der Waals surface area contributed by atoms with Crippen LogP contribution in [0.15, 0.2) is 24.3 Å². The molecule has 0 heterocycles. The Hall–Kier alpha value is -1.49. The number of nitrogens with zero attached hydrogens (tertiary/aromatic N) is 1. The summed E-state index contributed by atoms with van der Waals surface area (Å²) in [5.74, 6) is 1.25. The van der Waals surface area contributed by atoms with Crippen molar-refractivity contribution in [3.05, 3.63) is 29.8 Å². The van der Waals surface area contributed by atoms with E-state index in [1.54, 1.807) is 0 Å². The van der Waals surface area contributed by atoms with Crippen LogP contribution < -0.4 is 4.74 Å². The van der Waals surface area contributed by atoms with Crippen molar-refractivity contribution < 1.29 is 4.74 Å². The molecule has 2 nitrogen and oxygen atoms in total. The number of benzene rings is 1. The molecule has 2 atom stereocenters. The lowest BCUT2D eigenvalue weighted by Crippen LogP contribution is -2.06. The maximum Gasteiger partial charge on any atom is 0.119 e. The van der Waals surface area contributed by atoms with Gasteiger partial charge in [0.05, 0.1) is 18.6 Å². The Labute approximate surface area is 97.9 Å². The Kier molecular flexibility index (Phi) is 4.85. The first-order valence-corrected chi connectivity index (χ1v) is 5.85. The number of hydrogen-bond acceptors (Lipinski definition) is 2. The summed E-state index contributed by atoms with van der Waals surface area (Å²) in [4.78, 5) is 0. The van der Waals surface area contributed by atoms with Crippen LogP contribution in [0, 0.1) is 17.2 Å². The fraction of sp³-hybridized carbons (Fsp3) is 0.500. The largest absolute Gasteiger partial charge is 0.494 e. The zero-order valence-corrected chi connectivity index (χ0v) is 10.2. The van der Waals surface area contributed by atoms with Gasteiger partial charge in [0.2, 0.25) is 0 Å². The van der Waals surface area contributed by atoms with Gasteiger partial charge in [0, 0.05) is 0 Å². The molecule has 1 aromatic rings. The molecule has 0 radical (unpaired) electrons. The van der Waals surface area contributed by atoms with E-state index in [1.807, 2.05) is 31.2 Å². The summed E-state index contributed by atoms with van der Waals surface area (Å²) in [6.07, 6.45) is 1.02. The van der Waals surface area contributed by atoms with Crippen molar-refractivity contribution in [3.8, 4) is 11.8 Å². The summed E-state index contributed by atoms with van der Waals surface area (Å²) >= 11 is 0. The molecular weight excluding hydrogens is 198 g/mol. The third-order valence-electron chi connectivity index (χ3n) is 2.90. The Morgan fingerprint density at radius 3 is 2.31 bits per heavy atom. The van der Waals surface area contributed by atoms with Crippen molar-refractivity contribution >= 4 is 0 Å². The van der Waals surface area contributed by atoms with Gasteiger partial charge in [-0.15, -0.1) is 0 Å². The smallest absolute Gasteiger partial charge is 0.119 e. The summed E-state index contributed by atoms with van der Waals surface area (Å²) in [5.41, 5.74) is 1.08. The van der Waals surface area contributed by atoms with Crippen LogP contribution in [0.25, 0.3) is 0 Å². The second-order valence-corrected chi connectivity index (χ2v) is 3.99. The quantitative estimate of drug-likeness (QED) is 0.752. The number of ether oxygens (including phenoxy) is 1. The van der Waals surface area contributed by atoms with E-state index in [0.29, 0.717) is 12.5 Å². The van der Waals surface area contributed by atoms with Crippen LogP contribution in [0.3, 0.4) is 0 Å². The topological polar surface area (TPSA) is 33.0 Å². The molecule has 2 heteroatoms. The fourth-order valence-electron chi connectivity index (χ4n) is 1.70. The van der Waals surface area contributed by atoms with Crippen molar-refractivity contribution in [2.45, 2.75) is 33.1 Å². The van der Waals surface area contributed by atoms with Gasteiger partial charge in [-0.3, -0.25) is 0 Å². The molecule has 0 amide bonds.